The van der Waals surface area contributed by atoms with Crippen LogP contribution in [0.4, 0.5) is 0 Å². The topological polar surface area (TPSA) is 59.6 Å². The van der Waals surface area contributed by atoms with E-state index >= 15 is 0 Å². The molecule has 0 aliphatic heterocycles. The van der Waals surface area contributed by atoms with Gasteiger partial charge in [-0.2, -0.15) is 10.5 Å². The minimum Gasteiger partial charge on any atom is -0.309 e. The van der Waals surface area contributed by atoms with Gasteiger partial charge in [-0.1, -0.05) is 28.1 Å². The van der Waals surface area contributed by atoms with Gasteiger partial charge < -0.3 is 5.32 Å². The van der Waals surface area contributed by atoms with Crippen molar-refractivity contribution in [2.45, 2.75) is 25.8 Å². The Bertz CT molecular complexity index is 459. The molecule has 18 heavy (non-hydrogen) atoms. The first-order chi connectivity index (χ1) is 8.67. The highest BCUT2D eigenvalue weighted by atomic mass is 79.9. The summed E-state index contributed by atoms with van der Waals surface area (Å²) in [6.45, 7) is 2.69. The van der Waals surface area contributed by atoms with Gasteiger partial charge in [0.05, 0.1) is 18.1 Å². The molecule has 2 atom stereocenters. The van der Waals surface area contributed by atoms with Gasteiger partial charge in [-0.3, -0.25) is 0 Å². The number of hydrogen-bond donors (Lipinski definition) is 1. The highest BCUT2D eigenvalue weighted by Gasteiger charge is 2.10. The van der Waals surface area contributed by atoms with E-state index in [-0.39, 0.29) is 12.0 Å². The Labute approximate surface area is 117 Å². The van der Waals surface area contributed by atoms with Crippen LogP contribution in [0.15, 0.2) is 28.7 Å². The smallest absolute Gasteiger partial charge is 0.0669 e. The minimum atomic E-state index is -0.0979. The average Bonchev–Trinajstić information content (AvgIpc) is 2.38. The molecule has 0 heterocycles. The summed E-state index contributed by atoms with van der Waals surface area (Å²) < 4.78 is 1.05. The predicted octanol–water partition coefficient (Wildman–Crippen LogP) is 3.54. The molecule has 1 aromatic rings. The Morgan fingerprint density at radius 2 is 2.17 bits per heavy atom. The number of hydrogen-bond acceptors (Lipinski definition) is 3. The molecule has 0 radical (unpaired) electrons. The highest BCUT2D eigenvalue weighted by Crippen LogP contribution is 2.18. The standard InChI is InChI=1S/C14H16BrN3/c1-11(13-5-2-6-14(15)8-13)18-10-12(9-17)4-3-7-16/h2,5-6,8,11-12,18H,3-4,10H2,1H3/t11-,12+/m1/s1. The Hall–Kier alpha value is -1.36. The van der Waals surface area contributed by atoms with Gasteiger partial charge in [0.25, 0.3) is 0 Å². The van der Waals surface area contributed by atoms with Crippen molar-refractivity contribution in [3.05, 3.63) is 34.3 Å². The number of rotatable bonds is 6. The van der Waals surface area contributed by atoms with Gasteiger partial charge in [0, 0.05) is 23.5 Å². The van der Waals surface area contributed by atoms with Crippen LogP contribution in [0.1, 0.15) is 31.4 Å². The second kappa shape index (κ2) is 7.87. The van der Waals surface area contributed by atoms with Gasteiger partial charge in [-0.15, -0.1) is 0 Å². The van der Waals surface area contributed by atoms with E-state index < -0.39 is 0 Å². The lowest BCUT2D eigenvalue weighted by molar-refractivity contribution is 0.490. The largest absolute Gasteiger partial charge is 0.309 e. The highest BCUT2D eigenvalue weighted by molar-refractivity contribution is 9.10. The lowest BCUT2D eigenvalue weighted by Gasteiger charge is -2.16. The number of nitrogens with zero attached hydrogens (tertiary/aromatic N) is 2. The van der Waals surface area contributed by atoms with Gasteiger partial charge >= 0.3 is 0 Å². The Kier molecular flexibility index (Phi) is 6.43. The maximum absolute atomic E-state index is 8.97. The first-order valence-electron chi connectivity index (χ1n) is 5.92. The van der Waals surface area contributed by atoms with Gasteiger partial charge in [-0.05, 0) is 31.0 Å². The number of benzene rings is 1. The van der Waals surface area contributed by atoms with Crippen molar-refractivity contribution >= 4 is 15.9 Å². The van der Waals surface area contributed by atoms with Gasteiger partial charge in [0.1, 0.15) is 0 Å². The van der Waals surface area contributed by atoms with E-state index in [9.17, 15) is 0 Å². The van der Waals surface area contributed by atoms with E-state index in [1.54, 1.807) is 0 Å². The summed E-state index contributed by atoms with van der Waals surface area (Å²) in [5.41, 5.74) is 1.18. The fraction of sp³-hybridized carbons (Fsp3) is 0.429. The third kappa shape index (κ3) is 4.87. The van der Waals surface area contributed by atoms with Crippen molar-refractivity contribution in [1.29, 1.82) is 10.5 Å². The van der Waals surface area contributed by atoms with Crippen LogP contribution in [0.25, 0.3) is 0 Å². The average molecular weight is 306 g/mol. The molecular weight excluding hydrogens is 290 g/mol. The van der Waals surface area contributed by atoms with Crippen molar-refractivity contribution < 1.29 is 0 Å². The molecule has 0 bridgehead atoms. The maximum atomic E-state index is 8.97. The third-order valence-electron chi connectivity index (χ3n) is 2.81. The summed E-state index contributed by atoms with van der Waals surface area (Å²) in [6.07, 6.45) is 1.07. The first kappa shape index (κ1) is 14.7. The van der Waals surface area contributed by atoms with Crippen LogP contribution in [0.2, 0.25) is 0 Å². The molecule has 0 aliphatic carbocycles. The van der Waals surface area contributed by atoms with Crippen LogP contribution >= 0.6 is 15.9 Å². The van der Waals surface area contributed by atoms with Crippen LogP contribution in [0.3, 0.4) is 0 Å². The summed E-state index contributed by atoms with van der Waals surface area (Å²) in [7, 11) is 0. The molecule has 0 saturated carbocycles. The monoisotopic (exact) mass is 305 g/mol. The molecule has 0 spiro atoms. The zero-order chi connectivity index (χ0) is 13.4. The molecule has 0 aromatic heterocycles. The molecule has 3 nitrogen and oxygen atoms in total. The summed E-state index contributed by atoms with van der Waals surface area (Å²) in [4.78, 5) is 0. The molecule has 1 rings (SSSR count). The van der Waals surface area contributed by atoms with E-state index in [1.165, 1.54) is 5.56 Å². The van der Waals surface area contributed by atoms with Crippen LogP contribution in [0.5, 0.6) is 0 Å². The van der Waals surface area contributed by atoms with Crippen molar-refractivity contribution in [3.8, 4) is 12.1 Å². The quantitative estimate of drug-likeness (QED) is 0.874. The Morgan fingerprint density at radius 1 is 1.39 bits per heavy atom. The Morgan fingerprint density at radius 3 is 2.78 bits per heavy atom. The number of halogens is 1. The van der Waals surface area contributed by atoms with E-state index in [0.717, 1.165) is 4.47 Å². The summed E-state index contributed by atoms with van der Waals surface area (Å²) in [5.74, 6) is -0.0979. The molecule has 4 heteroatoms. The normalized spacial score (nSPS) is 13.3. The fourth-order valence-electron chi connectivity index (χ4n) is 1.66. The summed E-state index contributed by atoms with van der Waals surface area (Å²) in [6, 6.07) is 12.6. The van der Waals surface area contributed by atoms with E-state index in [2.05, 4.69) is 52.4 Å². The number of nitriles is 2. The molecule has 1 aromatic carbocycles. The van der Waals surface area contributed by atoms with Gasteiger partial charge in [0.15, 0.2) is 0 Å². The molecule has 0 aliphatic rings. The van der Waals surface area contributed by atoms with Gasteiger partial charge in [-0.25, -0.2) is 0 Å². The summed E-state index contributed by atoms with van der Waals surface area (Å²) in [5, 5.41) is 20.8. The molecular formula is C14H16BrN3. The second-order valence-corrected chi connectivity index (χ2v) is 5.12. The lowest BCUT2D eigenvalue weighted by Crippen LogP contribution is -2.25. The van der Waals surface area contributed by atoms with Crippen molar-refractivity contribution in [3.63, 3.8) is 0 Å². The second-order valence-electron chi connectivity index (χ2n) is 4.21. The van der Waals surface area contributed by atoms with Crippen molar-refractivity contribution in [2.75, 3.05) is 6.54 Å². The molecule has 0 unspecified atom stereocenters. The molecule has 0 fully saturated rings. The van der Waals surface area contributed by atoms with E-state index in [1.807, 2.05) is 12.1 Å². The third-order valence-corrected chi connectivity index (χ3v) is 3.30. The fourth-order valence-corrected chi connectivity index (χ4v) is 2.08. The lowest BCUT2D eigenvalue weighted by atomic mass is 10.0. The predicted molar refractivity (Wildman–Crippen MR) is 74.5 cm³/mol. The first-order valence-corrected chi connectivity index (χ1v) is 6.72. The molecule has 94 valence electrons. The molecule has 1 N–H and O–H groups in total. The minimum absolute atomic E-state index is 0.0979. The number of nitrogens with one attached hydrogen (secondary N) is 1. The maximum Gasteiger partial charge on any atom is 0.0669 e. The molecule has 0 amide bonds. The van der Waals surface area contributed by atoms with Crippen LogP contribution < -0.4 is 5.32 Å². The zero-order valence-electron chi connectivity index (χ0n) is 10.4. The summed E-state index contributed by atoms with van der Waals surface area (Å²) >= 11 is 3.44. The van der Waals surface area contributed by atoms with E-state index in [0.29, 0.717) is 19.4 Å². The van der Waals surface area contributed by atoms with E-state index in [4.69, 9.17) is 10.5 Å². The van der Waals surface area contributed by atoms with Crippen LogP contribution in [-0.2, 0) is 0 Å². The van der Waals surface area contributed by atoms with Crippen LogP contribution in [-0.4, -0.2) is 6.54 Å². The molecule has 0 saturated heterocycles. The van der Waals surface area contributed by atoms with Crippen LogP contribution in [0, 0.1) is 28.6 Å². The van der Waals surface area contributed by atoms with Crippen molar-refractivity contribution in [1.82, 2.24) is 5.32 Å². The van der Waals surface area contributed by atoms with Crippen molar-refractivity contribution in [2.24, 2.45) is 5.92 Å². The SMILES string of the molecule is C[C@@H](NC[C@H](C#N)CCC#N)c1cccc(Br)c1. The zero-order valence-corrected chi connectivity index (χ0v) is 11.9. The van der Waals surface area contributed by atoms with Gasteiger partial charge in [0.2, 0.25) is 0 Å². The Balaban J connectivity index is 2.48.